The Labute approximate surface area is 103 Å². The van der Waals surface area contributed by atoms with Crippen LogP contribution in [0.1, 0.15) is 5.56 Å². The number of carbonyl (C=O) groups is 2. The zero-order valence-electron chi connectivity index (χ0n) is 9.77. The molecule has 2 aromatic rings. The van der Waals surface area contributed by atoms with Crippen molar-refractivity contribution >= 4 is 22.5 Å². The van der Waals surface area contributed by atoms with E-state index in [0.717, 1.165) is 7.11 Å². The van der Waals surface area contributed by atoms with Crippen LogP contribution in [0.4, 0.5) is 4.39 Å². The minimum atomic E-state index is -0.886. The minimum Gasteiger partial charge on any atom is -0.463 e. The van der Waals surface area contributed by atoms with E-state index in [-0.39, 0.29) is 12.2 Å². The van der Waals surface area contributed by atoms with Gasteiger partial charge in [0, 0.05) is 11.8 Å². The molecule has 0 aliphatic carbocycles. The summed E-state index contributed by atoms with van der Waals surface area (Å²) in [4.78, 5) is 22.6. The van der Waals surface area contributed by atoms with Crippen LogP contribution in [0, 0.1) is 5.82 Å². The number of esters is 1. The number of carbonyl (C=O) groups excluding carboxylic acids is 2. The molecule has 0 spiro atoms. The zero-order valence-corrected chi connectivity index (χ0v) is 9.77. The van der Waals surface area contributed by atoms with Gasteiger partial charge in [-0.1, -0.05) is 30.3 Å². The summed E-state index contributed by atoms with van der Waals surface area (Å²) in [7, 11) is 1.16. The first kappa shape index (κ1) is 12.2. The summed E-state index contributed by atoms with van der Waals surface area (Å²) < 4.78 is 17.9. The molecule has 0 N–H and O–H groups in total. The molecule has 0 atom stereocenters. The fourth-order valence-electron chi connectivity index (χ4n) is 1.84. The van der Waals surface area contributed by atoms with E-state index in [0.29, 0.717) is 16.3 Å². The van der Waals surface area contributed by atoms with E-state index in [9.17, 15) is 14.0 Å². The van der Waals surface area contributed by atoms with Crippen LogP contribution in [0.5, 0.6) is 0 Å². The second kappa shape index (κ2) is 4.96. The van der Waals surface area contributed by atoms with Gasteiger partial charge < -0.3 is 4.74 Å². The predicted octanol–water partition coefficient (Wildman–Crippen LogP) is 2.26. The van der Waals surface area contributed by atoms with E-state index in [2.05, 4.69) is 4.74 Å². The smallest absolute Gasteiger partial charge is 0.374 e. The monoisotopic (exact) mass is 246 g/mol. The summed E-state index contributed by atoms with van der Waals surface area (Å²) in [6, 6.07) is 9.64. The van der Waals surface area contributed by atoms with E-state index in [4.69, 9.17) is 0 Å². The Hall–Kier alpha value is -2.23. The average molecular weight is 246 g/mol. The third kappa shape index (κ3) is 2.22. The Balaban J connectivity index is 2.43. The van der Waals surface area contributed by atoms with Crippen molar-refractivity contribution in [3.8, 4) is 0 Å². The lowest BCUT2D eigenvalue weighted by Crippen LogP contribution is -2.17. The molecule has 0 bridgehead atoms. The molecule has 18 heavy (non-hydrogen) atoms. The highest BCUT2D eigenvalue weighted by molar-refractivity contribution is 6.34. The predicted molar refractivity (Wildman–Crippen MR) is 64.6 cm³/mol. The lowest BCUT2D eigenvalue weighted by Gasteiger charge is -2.06. The van der Waals surface area contributed by atoms with Gasteiger partial charge in [0.1, 0.15) is 5.82 Å². The molecule has 92 valence electrons. The molecule has 0 aromatic heterocycles. The summed E-state index contributed by atoms with van der Waals surface area (Å²) in [5.41, 5.74) is 0.613. The summed E-state index contributed by atoms with van der Waals surface area (Å²) in [6.07, 6.45) is -0.0898. The van der Waals surface area contributed by atoms with Gasteiger partial charge in [-0.3, -0.25) is 4.79 Å². The Kier molecular flexibility index (Phi) is 3.37. The van der Waals surface area contributed by atoms with E-state index >= 15 is 0 Å². The maximum Gasteiger partial charge on any atom is 0.374 e. The van der Waals surface area contributed by atoms with Crippen LogP contribution < -0.4 is 0 Å². The van der Waals surface area contributed by atoms with Crippen molar-refractivity contribution in [2.45, 2.75) is 6.42 Å². The summed E-state index contributed by atoms with van der Waals surface area (Å²) in [5, 5.41) is 1.07. The first-order valence-corrected chi connectivity index (χ1v) is 5.40. The number of hydrogen-bond acceptors (Lipinski definition) is 3. The van der Waals surface area contributed by atoms with Gasteiger partial charge in [0.25, 0.3) is 0 Å². The number of halogens is 1. The van der Waals surface area contributed by atoms with E-state index in [1.165, 1.54) is 12.1 Å². The van der Waals surface area contributed by atoms with Crippen LogP contribution in [0.25, 0.3) is 10.8 Å². The Morgan fingerprint density at radius 3 is 2.44 bits per heavy atom. The molecule has 2 aromatic carbocycles. The van der Waals surface area contributed by atoms with Crippen LogP contribution in [0.3, 0.4) is 0 Å². The van der Waals surface area contributed by atoms with Crippen molar-refractivity contribution in [2.75, 3.05) is 7.11 Å². The SMILES string of the molecule is COC(=O)C(=O)Cc1ccc(F)c2ccccc12. The Bertz CT molecular complexity index is 619. The van der Waals surface area contributed by atoms with Gasteiger partial charge >= 0.3 is 5.97 Å². The maximum absolute atomic E-state index is 13.6. The highest BCUT2D eigenvalue weighted by atomic mass is 19.1. The van der Waals surface area contributed by atoms with Crippen molar-refractivity contribution in [1.82, 2.24) is 0 Å². The van der Waals surface area contributed by atoms with Gasteiger partial charge in [-0.25, -0.2) is 9.18 Å². The fraction of sp³-hybridized carbons (Fsp3) is 0.143. The molecule has 3 nitrogen and oxygen atoms in total. The zero-order chi connectivity index (χ0) is 13.1. The number of hydrogen-bond donors (Lipinski definition) is 0. The number of ketones is 1. The van der Waals surface area contributed by atoms with Crippen molar-refractivity contribution in [1.29, 1.82) is 0 Å². The topological polar surface area (TPSA) is 43.4 Å². The standard InChI is InChI=1S/C14H11FO3/c1-18-14(17)13(16)8-9-6-7-12(15)11-5-3-2-4-10(9)11/h2-7H,8H2,1H3. The fourth-order valence-corrected chi connectivity index (χ4v) is 1.84. The van der Waals surface area contributed by atoms with Crippen molar-refractivity contribution in [3.05, 3.63) is 47.8 Å². The minimum absolute atomic E-state index is 0.0898. The molecule has 0 heterocycles. The molecule has 0 aliphatic heterocycles. The van der Waals surface area contributed by atoms with Crippen molar-refractivity contribution in [2.24, 2.45) is 0 Å². The van der Waals surface area contributed by atoms with Gasteiger partial charge in [0.15, 0.2) is 0 Å². The van der Waals surface area contributed by atoms with Gasteiger partial charge in [-0.05, 0) is 17.0 Å². The van der Waals surface area contributed by atoms with E-state index < -0.39 is 11.8 Å². The maximum atomic E-state index is 13.6. The molecular weight excluding hydrogens is 235 g/mol. The van der Waals surface area contributed by atoms with Crippen LogP contribution in [-0.2, 0) is 20.7 Å². The number of fused-ring (bicyclic) bond motifs is 1. The normalized spacial score (nSPS) is 10.3. The van der Waals surface area contributed by atoms with Crippen LogP contribution >= 0.6 is 0 Å². The second-order valence-electron chi connectivity index (χ2n) is 3.84. The van der Waals surface area contributed by atoms with Gasteiger partial charge in [0.05, 0.1) is 7.11 Å². The van der Waals surface area contributed by atoms with Crippen molar-refractivity contribution < 1.29 is 18.7 Å². The lowest BCUT2D eigenvalue weighted by molar-refractivity contribution is -0.151. The Morgan fingerprint density at radius 2 is 1.78 bits per heavy atom. The molecule has 2 rings (SSSR count). The highest BCUT2D eigenvalue weighted by Gasteiger charge is 2.16. The second-order valence-corrected chi connectivity index (χ2v) is 3.84. The first-order chi connectivity index (χ1) is 8.63. The molecule has 0 saturated carbocycles. The van der Waals surface area contributed by atoms with Crippen LogP contribution in [0.15, 0.2) is 36.4 Å². The summed E-state index contributed by atoms with van der Waals surface area (Å²) >= 11 is 0. The number of methoxy groups -OCH3 is 1. The van der Waals surface area contributed by atoms with Crippen LogP contribution in [-0.4, -0.2) is 18.9 Å². The van der Waals surface area contributed by atoms with Gasteiger partial charge in [0.2, 0.25) is 5.78 Å². The largest absolute Gasteiger partial charge is 0.463 e. The molecule has 0 amide bonds. The third-order valence-electron chi connectivity index (χ3n) is 2.73. The summed E-state index contributed by atoms with van der Waals surface area (Å²) in [5.74, 6) is -1.88. The summed E-state index contributed by atoms with van der Waals surface area (Å²) in [6.45, 7) is 0. The average Bonchev–Trinajstić information content (AvgIpc) is 2.41. The quantitative estimate of drug-likeness (QED) is 0.616. The molecule has 0 fully saturated rings. The molecule has 0 saturated heterocycles. The number of Topliss-reactive ketones (excluding diaryl/α,β-unsaturated/α-hetero) is 1. The number of rotatable bonds is 3. The van der Waals surface area contributed by atoms with Crippen molar-refractivity contribution in [3.63, 3.8) is 0 Å². The molecular formula is C14H11FO3. The van der Waals surface area contributed by atoms with Gasteiger partial charge in [-0.15, -0.1) is 0 Å². The highest BCUT2D eigenvalue weighted by Crippen LogP contribution is 2.22. The van der Waals surface area contributed by atoms with Gasteiger partial charge in [-0.2, -0.15) is 0 Å². The third-order valence-corrected chi connectivity index (χ3v) is 2.73. The number of benzene rings is 2. The van der Waals surface area contributed by atoms with E-state index in [1.54, 1.807) is 24.3 Å². The molecule has 0 aliphatic rings. The van der Waals surface area contributed by atoms with E-state index in [1.807, 2.05) is 0 Å². The lowest BCUT2D eigenvalue weighted by atomic mass is 10.00. The Morgan fingerprint density at radius 1 is 1.11 bits per heavy atom. The molecule has 0 unspecified atom stereocenters. The first-order valence-electron chi connectivity index (χ1n) is 5.40. The number of ether oxygens (including phenoxy) is 1. The molecule has 0 radical (unpaired) electrons. The molecule has 4 heteroatoms. The van der Waals surface area contributed by atoms with Crippen LogP contribution in [0.2, 0.25) is 0 Å².